The molecular formula is C15H31N3O2. The second-order valence-electron chi connectivity index (χ2n) is 7.33. The highest BCUT2D eigenvalue weighted by Gasteiger charge is 2.34. The Morgan fingerprint density at radius 1 is 1.50 bits per heavy atom. The van der Waals surface area contributed by atoms with Crippen LogP contribution in [0.25, 0.3) is 0 Å². The fourth-order valence-corrected chi connectivity index (χ4v) is 2.45. The second-order valence-corrected chi connectivity index (χ2v) is 7.33. The van der Waals surface area contributed by atoms with Gasteiger partial charge in [0, 0.05) is 32.2 Å². The van der Waals surface area contributed by atoms with Gasteiger partial charge in [-0.15, -0.1) is 0 Å². The zero-order valence-electron chi connectivity index (χ0n) is 13.7. The van der Waals surface area contributed by atoms with Crippen LogP contribution < -0.4 is 11.1 Å². The quantitative estimate of drug-likeness (QED) is 0.828. The molecule has 2 unspecified atom stereocenters. The highest BCUT2D eigenvalue weighted by molar-refractivity contribution is 5.68. The van der Waals surface area contributed by atoms with Crippen molar-refractivity contribution < 1.29 is 9.53 Å². The van der Waals surface area contributed by atoms with E-state index in [0.717, 1.165) is 32.5 Å². The van der Waals surface area contributed by atoms with Gasteiger partial charge in [-0.25, -0.2) is 4.79 Å². The Bertz CT molecular complexity index is 328. The molecule has 0 aliphatic carbocycles. The first kappa shape index (κ1) is 17.2. The lowest BCUT2D eigenvalue weighted by molar-refractivity contribution is 0.00657. The maximum atomic E-state index is 12.2. The van der Waals surface area contributed by atoms with Gasteiger partial charge in [0.25, 0.3) is 0 Å². The van der Waals surface area contributed by atoms with Gasteiger partial charge < -0.3 is 20.7 Å². The molecule has 118 valence electrons. The van der Waals surface area contributed by atoms with Gasteiger partial charge in [0.1, 0.15) is 5.60 Å². The third-order valence-electron chi connectivity index (χ3n) is 3.66. The molecule has 20 heavy (non-hydrogen) atoms. The van der Waals surface area contributed by atoms with Gasteiger partial charge in [-0.2, -0.15) is 0 Å². The zero-order chi connectivity index (χ0) is 15.4. The van der Waals surface area contributed by atoms with E-state index in [1.54, 1.807) is 0 Å². The predicted molar refractivity (Wildman–Crippen MR) is 81.7 cm³/mol. The molecule has 1 aliphatic rings. The maximum absolute atomic E-state index is 12.2. The smallest absolute Gasteiger partial charge is 0.410 e. The lowest BCUT2D eigenvalue weighted by atomic mass is 9.81. The Morgan fingerprint density at radius 3 is 2.70 bits per heavy atom. The lowest BCUT2D eigenvalue weighted by Crippen LogP contribution is -2.51. The van der Waals surface area contributed by atoms with Gasteiger partial charge in [0.15, 0.2) is 0 Å². The minimum Gasteiger partial charge on any atom is -0.444 e. The molecule has 1 saturated heterocycles. The summed E-state index contributed by atoms with van der Waals surface area (Å²) in [6.45, 7) is 13.0. The molecule has 0 aromatic rings. The van der Waals surface area contributed by atoms with Gasteiger partial charge in [-0.3, -0.25) is 0 Å². The van der Waals surface area contributed by atoms with Crippen LogP contribution in [0.3, 0.4) is 0 Å². The number of likely N-dealkylation sites (tertiary alicyclic amines) is 1. The normalized spacial score (nSPS) is 25.4. The summed E-state index contributed by atoms with van der Waals surface area (Å²) >= 11 is 0. The van der Waals surface area contributed by atoms with E-state index < -0.39 is 5.60 Å². The summed E-state index contributed by atoms with van der Waals surface area (Å²) in [5.74, 6) is 0. The van der Waals surface area contributed by atoms with Gasteiger partial charge in [0.05, 0.1) is 0 Å². The number of nitrogens with two attached hydrogens (primary N) is 1. The van der Waals surface area contributed by atoms with E-state index in [9.17, 15) is 4.79 Å². The molecule has 3 N–H and O–H groups in total. The monoisotopic (exact) mass is 285 g/mol. The van der Waals surface area contributed by atoms with Crippen LogP contribution in [0, 0.1) is 5.41 Å². The Kier molecular flexibility index (Phi) is 5.83. The van der Waals surface area contributed by atoms with Crippen LogP contribution in [-0.2, 0) is 4.74 Å². The van der Waals surface area contributed by atoms with Crippen molar-refractivity contribution in [3.8, 4) is 0 Å². The van der Waals surface area contributed by atoms with Crippen molar-refractivity contribution in [3.63, 3.8) is 0 Å². The van der Waals surface area contributed by atoms with Gasteiger partial charge in [-0.1, -0.05) is 6.92 Å². The Balaban J connectivity index is 2.54. The van der Waals surface area contributed by atoms with E-state index in [4.69, 9.17) is 10.5 Å². The Labute approximate surface area is 123 Å². The van der Waals surface area contributed by atoms with Crippen molar-refractivity contribution in [1.82, 2.24) is 10.2 Å². The summed E-state index contributed by atoms with van der Waals surface area (Å²) in [7, 11) is 0. The molecule has 1 heterocycles. The number of amides is 1. The summed E-state index contributed by atoms with van der Waals surface area (Å²) in [5.41, 5.74) is 5.29. The molecule has 0 bridgehead atoms. The van der Waals surface area contributed by atoms with E-state index in [-0.39, 0.29) is 11.5 Å². The number of carbonyl (C=O) groups is 1. The third kappa shape index (κ3) is 5.67. The standard InChI is InChI=1S/C15H31N3O2/c1-12(9-16)17-10-15(5)7-6-8-18(11-15)13(19)20-14(2,3)4/h12,17H,6-11,16H2,1-5H3. The molecule has 0 spiro atoms. The number of hydrogen-bond donors (Lipinski definition) is 2. The topological polar surface area (TPSA) is 67.6 Å². The van der Waals surface area contributed by atoms with Gasteiger partial charge in [-0.05, 0) is 46.0 Å². The summed E-state index contributed by atoms with van der Waals surface area (Å²) in [6, 6.07) is 0.309. The van der Waals surface area contributed by atoms with Crippen LogP contribution in [0.5, 0.6) is 0 Å². The van der Waals surface area contributed by atoms with Crippen LogP contribution in [-0.4, -0.2) is 48.8 Å². The molecule has 1 fully saturated rings. The maximum Gasteiger partial charge on any atom is 0.410 e. The van der Waals surface area contributed by atoms with Crippen LogP contribution in [0.1, 0.15) is 47.5 Å². The first-order chi connectivity index (χ1) is 9.15. The predicted octanol–water partition coefficient (Wildman–Crippen LogP) is 1.96. The van der Waals surface area contributed by atoms with Crippen LogP contribution in [0.15, 0.2) is 0 Å². The Hall–Kier alpha value is -0.810. The summed E-state index contributed by atoms with van der Waals surface area (Å²) < 4.78 is 5.46. The van der Waals surface area contributed by atoms with Crippen molar-refractivity contribution in [1.29, 1.82) is 0 Å². The number of hydrogen-bond acceptors (Lipinski definition) is 4. The van der Waals surface area contributed by atoms with Crippen molar-refractivity contribution in [2.45, 2.75) is 59.1 Å². The van der Waals surface area contributed by atoms with E-state index in [1.165, 1.54) is 0 Å². The van der Waals surface area contributed by atoms with Gasteiger partial charge >= 0.3 is 6.09 Å². The number of piperidine rings is 1. The van der Waals surface area contributed by atoms with Crippen molar-refractivity contribution >= 4 is 6.09 Å². The van der Waals surface area contributed by atoms with E-state index in [1.807, 2.05) is 25.7 Å². The number of nitrogens with one attached hydrogen (secondary N) is 1. The molecule has 1 amide bonds. The summed E-state index contributed by atoms with van der Waals surface area (Å²) in [5, 5.41) is 3.45. The fraction of sp³-hybridized carbons (Fsp3) is 0.933. The summed E-state index contributed by atoms with van der Waals surface area (Å²) in [4.78, 5) is 14.0. The molecule has 0 saturated carbocycles. The number of rotatable bonds is 4. The van der Waals surface area contributed by atoms with E-state index in [0.29, 0.717) is 12.6 Å². The van der Waals surface area contributed by atoms with Crippen molar-refractivity contribution in [2.75, 3.05) is 26.2 Å². The molecule has 5 nitrogen and oxygen atoms in total. The minimum atomic E-state index is -0.433. The van der Waals surface area contributed by atoms with E-state index in [2.05, 4.69) is 19.2 Å². The molecule has 0 aromatic carbocycles. The molecule has 5 heteroatoms. The third-order valence-corrected chi connectivity index (χ3v) is 3.66. The zero-order valence-corrected chi connectivity index (χ0v) is 13.7. The Morgan fingerprint density at radius 2 is 2.15 bits per heavy atom. The number of nitrogens with zero attached hydrogens (tertiary/aromatic N) is 1. The fourth-order valence-electron chi connectivity index (χ4n) is 2.45. The minimum absolute atomic E-state index is 0.0958. The molecule has 1 aliphatic heterocycles. The summed E-state index contributed by atoms with van der Waals surface area (Å²) in [6.07, 6.45) is 1.95. The van der Waals surface area contributed by atoms with Crippen LogP contribution in [0.2, 0.25) is 0 Å². The SMILES string of the molecule is CC(CN)NCC1(C)CCCN(C(=O)OC(C)(C)C)C1. The molecule has 0 aromatic heterocycles. The van der Waals surface area contributed by atoms with E-state index >= 15 is 0 Å². The largest absolute Gasteiger partial charge is 0.444 e. The second kappa shape index (κ2) is 6.76. The molecular weight excluding hydrogens is 254 g/mol. The number of ether oxygens (including phenoxy) is 1. The first-order valence-electron chi connectivity index (χ1n) is 7.57. The average Bonchev–Trinajstić information content (AvgIpc) is 2.34. The van der Waals surface area contributed by atoms with Crippen LogP contribution in [0.4, 0.5) is 4.79 Å². The lowest BCUT2D eigenvalue weighted by Gasteiger charge is -2.41. The molecule has 1 rings (SSSR count). The highest BCUT2D eigenvalue weighted by Crippen LogP contribution is 2.29. The first-order valence-corrected chi connectivity index (χ1v) is 7.57. The number of carbonyl (C=O) groups excluding carboxylic acids is 1. The van der Waals surface area contributed by atoms with Gasteiger partial charge in [0.2, 0.25) is 0 Å². The molecule has 0 radical (unpaired) electrons. The van der Waals surface area contributed by atoms with Crippen LogP contribution >= 0.6 is 0 Å². The van der Waals surface area contributed by atoms with Crippen molar-refractivity contribution in [2.24, 2.45) is 11.1 Å². The molecule has 2 atom stereocenters. The van der Waals surface area contributed by atoms with Crippen molar-refractivity contribution in [3.05, 3.63) is 0 Å². The average molecular weight is 285 g/mol. The highest BCUT2D eigenvalue weighted by atomic mass is 16.6.